The largest absolute Gasteiger partial charge is 0.480 e. The molecule has 264 valence electrons. The minimum Gasteiger partial charge on any atom is -0.480 e. The summed E-state index contributed by atoms with van der Waals surface area (Å²) >= 11 is 0. The van der Waals surface area contributed by atoms with Crippen molar-refractivity contribution in [1.29, 1.82) is 0 Å². The summed E-state index contributed by atoms with van der Waals surface area (Å²) in [7, 11) is 0. The van der Waals surface area contributed by atoms with E-state index in [4.69, 9.17) is 0 Å². The molecule has 0 spiro atoms. The predicted octanol–water partition coefficient (Wildman–Crippen LogP) is 6.52. The van der Waals surface area contributed by atoms with E-state index >= 15 is 0 Å². The molecule has 0 saturated heterocycles. The summed E-state index contributed by atoms with van der Waals surface area (Å²) in [5, 5.41) is 12.0. The second-order valence-corrected chi connectivity index (χ2v) is 13.7. The van der Waals surface area contributed by atoms with Crippen LogP contribution in [0.25, 0.3) is 17.0 Å². The summed E-state index contributed by atoms with van der Waals surface area (Å²) in [5.74, 6) is 0.622. The maximum Gasteiger partial charge on any atom is 0.323 e. The van der Waals surface area contributed by atoms with Crippen molar-refractivity contribution in [1.82, 2.24) is 20.2 Å². The molecule has 1 unspecified atom stereocenters. The van der Waals surface area contributed by atoms with Crippen LogP contribution < -0.4 is 10.2 Å². The average Bonchev–Trinajstić information content (AvgIpc) is 3.13. The summed E-state index contributed by atoms with van der Waals surface area (Å²) in [6.45, 7) is 2.50. The molecule has 1 heterocycles. The first kappa shape index (κ1) is 36.4. The fraction of sp³-hybridized carbons (Fsp3) is 0.450. The number of nitrogens with one attached hydrogen (secondary N) is 1. The van der Waals surface area contributed by atoms with Gasteiger partial charge in [0.15, 0.2) is 5.82 Å². The lowest BCUT2D eigenvalue weighted by molar-refractivity contribution is -0.144. The van der Waals surface area contributed by atoms with Crippen molar-refractivity contribution in [2.24, 2.45) is 17.8 Å². The highest BCUT2D eigenvalue weighted by atomic mass is 16.4. The van der Waals surface area contributed by atoms with Crippen LogP contribution in [0.4, 0.5) is 5.69 Å². The van der Waals surface area contributed by atoms with E-state index in [2.05, 4.69) is 28.3 Å². The van der Waals surface area contributed by atoms with E-state index in [0.717, 1.165) is 47.3 Å². The van der Waals surface area contributed by atoms with E-state index in [-0.39, 0.29) is 19.0 Å². The quantitative estimate of drug-likeness (QED) is 0.198. The van der Waals surface area contributed by atoms with Gasteiger partial charge in [-0.15, -0.1) is 0 Å². The molecule has 2 aliphatic carbocycles. The molecule has 0 bridgehead atoms. The lowest BCUT2D eigenvalue weighted by atomic mass is 9.70. The Morgan fingerprint density at radius 2 is 1.56 bits per heavy atom. The van der Waals surface area contributed by atoms with E-state index in [1.807, 2.05) is 36.7 Å². The molecule has 1 saturated carbocycles. The Balaban J connectivity index is 1.13. The molecule has 3 aromatic rings. The summed E-state index contributed by atoms with van der Waals surface area (Å²) in [5.41, 5.74) is 4.49. The number of carbonyl (C=O) groups excluding carboxylic acids is 3. The van der Waals surface area contributed by atoms with Gasteiger partial charge in [-0.1, -0.05) is 81.1 Å². The van der Waals surface area contributed by atoms with Gasteiger partial charge >= 0.3 is 5.97 Å². The van der Waals surface area contributed by atoms with E-state index in [1.54, 1.807) is 30.3 Å². The van der Waals surface area contributed by atoms with Gasteiger partial charge in [-0.2, -0.15) is 0 Å². The summed E-state index contributed by atoms with van der Waals surface area (Å²) in [4.78, 5) is 61.1. The Bertz CT molecular complexity index is 1630. The molecular formula is C40H49N5O5. The van der Waals surface area contributed by atoms with Crippen molar-refractivity contribution in [2.45, 2.75) is 78.2 Å². The molecule has 1 aromatic heterocycles. The second-order valence-electron chi connectivity index (χ2n) is 13.7. The third-order valence-corrected chi connectivity index (χ3v) is 10.2. The van der Waals surface area contributed by atoms with Crippen molar-refractivity contribution >= 4 is 35.0 Å². The zero-order chi connectivity index (χ0) is 35.5. The summed E-state index contributed by atoms with van der Waals surface area (Å²) in [6.07, 6.45) is 17.9. The standard InChI is InChI=1S/C40H49N5O5/c1-3-7-29-10-14-31(15-11-29)32-18-20-33(21-19-32)35-22-42-40(43-23-35)34-16-12-30(13-17-34)25-44(27-39(49)50)38(48)24-41-37(47)26-45(28(2)46)36-8-5-4-6-9-36/h4-6,8-9,12-13,16-17,20,22-23,29,31-32H,3,7,10-11,14-15,18-19,21,24-27H2,1-2H3,(H,41,47)(H,49,50)/t29-,31-,32?. The number of carboxylic acids is 1. The van der Waals surface area contributed by atoms with Crippen LogP contribution in [-0.4, -0.2) is 63.3 Å². The van der Waals surface area contributed by atoms with Gasteiger partial charge < -0.3 is 20.2 Å². The van der Waals surface area contributed by atoms with Crippen LogP contribution >= 0.6 is 0 Å². The molecular weight excluding hydrogens is 630 g/mol. The number of benzene rings is 2. The van der Waals surface area contributed by atoms with E-state index in [0.29, 0.717) is 11.5 Å². The van der Waals surface area contributed by atoms with Gasteiger partial charge in [-0.25, -0.2) is 9.97 Å². The second kappa shape index (κ2) is 17.7. The van der Waals surface area contributed by atoms with Crippen LogP contribution in [0.2, 0.25) is 0 Å². The zero-order valence-electron chi connectivity index (χ0n) is 29.2. The SMILES string of the molecule is CCC[C@H]1CC[C@H](C2CC=C(c3cnc(-c4ccc(CN(CC(=O)O)C(=O)CNC(=O)CN(C(C)=O)c5ccccc5)cc4)nc3)CC2)CC1. The normalized spacial score (nSPS) is 18.8. The number of aromatic nitrogens is 2. The Hall–Kier alpha value is -4.86. The number of amides is 3. The summed E-state index contributed by atoms with van der Waals surface area (Å²) in [6, 6.07) is 16.1. The third-order valence-electron chi connectivity index (χ3n) is 10.2. The highest BCUT2D eigenvalue weighted by Gasteiger charge is 2.28. The first-order chi connectivity index (χ1) is 24.2. The topological polar surface area (TPSA) is 133 Å². The minimum absolute atomic E-state index is 0.0417. The van der Waals surface area contributed by atoms with Gasteiger partial charge in [0.2, 0.25) is 17.7 Å². The first-order valence-corrected chi connectivity index (χ1v) is 17.9. The van der Waals surface area contributed by atoms with Gasteiger partial charge in [0.05, 0.1) is 6.54 Å². The average molecular weight is 680 g/mol. The molecule has 2 aromatic carbocycles. The number of carbonyl (C=O) groups is 4. The maximum atomic E-state index is 13.0. The van der Waals surface area contributed by atoms with Crippen LogP contribution in [0.15, 0.2) is 73.1 Å². The molecule has 10 heteroatoms. The Kier molecular flexibility index (Phi) is 12.9. The third kappa shape index (κ3) is 10.1. The van der Waals surface area contributed by atoms with Gasteiger partial charge in [-0.3, -0.25) is 19.2 Å². The minimum atomic E-state index is -1.17. The predicted molar refractivity (Wildman–Crippen MR) is 194 cm³/mol. The number of anilines is 1. The van der Waals surface area contributed by atoms with Crippen molar-refractivity contribution in [3.63, 3.8) is 0 Å². The van der Waals surface area contributed by atoms with Crippen LogP contribution in [0.1, 0.15) is 82.8 Å². The van der Waals surface area contributed by atoms with Gasteiger partial charge in [0.1, 0.15) is 13.1 Å². The lowest BCUT2D eigenvalue weighted by Crippen LogP contribution is -2.45. The Morgan fingerprint density at radius 1 is 0.860 bits per heavy atom. The number of aliphatic carboxylic acids is 1. The molecule has 1 fully saturated rings. The van der Waals surface area contributed by atoms with Crippen molar-refractivity contribution < 1.29 is 24.3 Å². The molecule has 0 aliphatic heterocycles. The molecule has 2 aliphatic rings. The number of rotatable bonds is 14. The highest BCUT2D eigenvalue weighted by molar-refractivity contribution is 5.98. The molecule has 5 rings (SSSR count). The molecule has 3 amide bonds. The van der Waals surface area contributed by atoms with Crippen LogP contribution in [-0.2, 0) is 25.7 Å². The van der Waals surface area contributed by atoms with Crippen LogP contribution in [0.3, 0.4) is 0 Å². The van der Waals surface area contributed by atoms with Gasteiger partial charge in [0, 0.05) is 42.7 Å². The smallest absolute Gasteiger partial charge is 0.323 e. The van der Waals surface area contributed by atoms with Crippen molar-refractivity contribution in [3.8, 4) is 11.4 Å². The molecule has 0 radical (unpaired) electrons. The zero-order valence-corrected chi connectivity index (χ0v) is 29.2. The molecule has 50 heavy (non-hydrogen) atoms. The Labute approximate surface area is 295 Å². The highest BCUT2D eigenvalue weighted by Crippen LogP contribution is 2.42. The molecule has 1 atom stereocenters. The Morgan fingerprint density at radius 3 is 2.16 bits per heavy atom. The van der Waals surface area contributed by atoms with Gasteiger partial charge in [-0.05, 0) is 73.1 Å². The number of allylic oxidation sites excluding steroid dienone is 2. The van der Waals surface area contributed by atoms with Crippen molar-refractivity contribution in [3.05, 3.63) is 84.2 Å². The number of hydrogen-bond acceptors (Lipinski definition) is 6. The summed E-state index contributed by atoms with van der Waals surface area (Å²) < 4.78 is 0. The maximum absolute atomic E-state index is 13.0. The lowest BCUT2D eigenvalue weighted by Gasteiger charge is -2.35. The number of hydrogen-bond donors (Lipinski definition) is 2. The van der Waals surface area contributed by atoms with Crippen LogP contribution in [0.5, 0.6) is 0 Å². The first-order valence-electron chi connectivity index (χ1n) is 17.9. The van der Waals surface area contributed by atoms with E-state index < -0.39 is 30.9 Å². The molecule has 2 N–H and O–H groups in total. The van der Waals surface area contributed by atoms with Gasteiger partial charge in [0.25, 0.3) is 0 Å². The number of carboxylic acid groups (broad SMARTS) is 1. The van der Waals surface area contributed by atoms with Crippen LogP contribution in [0, 0.1) is 17.8 Å². The number of nitrogens with zero attached hydrogens (tertiary/aromatic N) is 4. The fourth-order valence-electron chi connectivity index (χ4n) is 7.40. The number of para-hydroxylation sites is 1. The monoisotopic (exact) mass is 679 g/mol. The van der Waals surface area contributed by atoms with E-state index in [9.17, 15) is 24.3 Å². The fourth-order valence-corrected chi connectivity index (χ4v) is 7.40. The van der Waals surface area contributed by atoms with E-state index in [1.165, 1.54) is 67.2 Å². The molecule has 10 nitrogen and oxygen atoms in total. The van der Waals surface area contributed by atoms with Crippen molar-refractivity contribution in [2.75, 3.05) is 24.5 Å².